The minimum Gasteiger partial charge on any atom is -0.314 e. The maximum Gasteiger partial charge on any atom is 0.0352 e. The van der Waals surface area contributed by atoms with Crippen LogP contribution in [-0.2, 0) is 0 Å². The zero-order chi connectivity index (χ0) is 10.5. The number of rotatable bonds is 3. The fourth-order valence-electron chi connectivity index (χ4n) is 2.28. The van der Waals surface area contributed by atoms with Crippen LogP contribution in [-0.4, -0.2) is 31.1 Å². The lowest BCUT2D eigenvalue weighted by Gasteiger charge is -2.34. The summed E-state index contributed by atoms with van der Waals surface area (Å²) in [6, 6.07) is 12.3. The van der Waals surface area contributed by atoms with Crippen molar-refractivity contribution in [2.24, 2.45) is 0 Å². The van der Waals surface area contributed by atoms with Gasteiger partial charge >= 0.3 is 0 Å². The zero-order valence-corrected chi connectivity index (χ0v) is 9.37. The number of hydrogen-bond donors (Lipinski definition) is 1. The Morgan fingerprint density at radius 1 is 1.40 bits per heavy atom. The molecular formula is C13H19N2. The lowest BCUT2D eigenvalue weighted by molar-refractivity contribution is 0.169. The summed E-state index contributed by atoms with van der Waals surface area (Å²) in [6.45, 7) is 6.79. The summed E-state index contributed by atoms with van der Waals surface area (Å²) in [5.74, 6) is 0. The summed E-state index contributed by atoms with van der Waals surface area (Å²) in [4.78, 5) is 2.56. The van der Waals surface area contributed by atoms with Gasteiger partial charge in [0.05, 0.1) is 0 Å². The second kappa shape index (κ2) is 5.29. The molecule has 1 heterocycles. The second-order valence-electron chi connectivity index (χ2n) is 4.03. The Labute approximate surface area is 92.3 Å². The molecule has 15 heavy (non-hydrogen) atoms. The summed E-state index contributed by atoms with van der Waals surface area (Å²) < 4.78 is 0. The van der Waals surface area contributed by atoms with Crippen LogP contribution in [0.1, 0.15) is 24.9 Å². The fraction of sp³-hybridized carbons (Fsp3) is 0.538. The minimum atomic E-state index is 0.549. The van der Waals surface area contributed by atoms with Crippen LogP contribution in [0.15, 0.2) is 24.3 Å². The molecule has 1 unspecified atom stereocenters. The lowest BCUT2D eigenvalue weighted by Crippen LogP contribution is -2.45. The normalized spacial score (nSPS) is 20.1. The van der Waals surface area contributed by atoms with E-state index in [0.29, 0.717) is 6.04 Å². The van der Waals surface area contributed by atoms with Crippen LogP contribution >= 0.6 is 0 Å². The molecule has 0 aromatic heterocycles. The first-order valence-electron chi connectivity index (χ1n) is 5.83. The third-order valence-electron chi connectivity index (χ3n) is 3.07. The van der Waals surface area contributed by atoms with E-state index in [1.165, 1.54) is 12.0 Å². The highest BCUT2D eigenvalue weighted by Gasteiger charge is 2.19. The molecule has 81 valence electrons. The van der Waals surface area contributed by atoms with Gasteiger partial charge in [0.15, 0.2) is 0 Å². The number of piperazine rings is 1. The molecule has 0 bridgehead atoms. The number of nitrogens with zero attached hydrogens (tertiary/aromatic N) is 1. The van der Waals surface area contributed by atoms with Crippen LogP contribution in [0.3, 0.4) is 0 Å². The molecule has 1 aromatic carbocycles. The van der Waals surface area contributed by atoms with Crippen LogP contribution in [0, 0.1) is 6.07 Å². The second-order valence-corrected chi connectivity index (χ2v) is 4.03. The largest absolute Gasteiger partial charge is 0.314 e. The first-order valence-corrected chi connectivity index (χ1v) is 5.83. The standard InChI is InChI=1S/C13H19N2/c1-2-13(12-6-4-3-5-7-12)15-10-8-14-9-11-15/h3-6,13-14H,2,8-11H2,1H3. The van der Waals surface area contributed by atoms with Gasteiger partial charge < -0.3 is 5.32 Å². The Morgan fingerprint density at radius 2 is 2.20 bits per heavy atom. The van der Waals surface area contributed by atoms with E-state index >= 15 is 0 Å². The van der Waals surface area contributed by atoms with Crippen LogP contribution < -0.4 is 5.32 Å². The minimum absolute atomic E-state index is 0.549. The SMILES string of the molecule is CCC(c1[c]cccc1)N1CCNCC1. The van der Waals surface area contributed by atoms with Gasteiger partial charge in [-0.15, -0.1) is 0 Å². The van der Waals surface area contributed by atoms with Gasteiger partial charge in [-0.3, -0.25) is 4.90 Å². The summed E-state index contributed by atoms with van der Waals surface area (Å²) in [5.41, 5.74) is 1.34. The van der Waals surface area contributed by atoms with Gasteiger partial charge in [0.1, 0.15) is 0 Å². The third-order valence-corrected chi connectivity index (χ3v) is 3.07. The number of benzene rings is 1. The molecule has 1 radical (unpaired) electrons. The molecule has 0 saturated carbocycles. The van der Waals surface area contributed by atoms with Crippen LogP contribution in [0.5, 0.6) is 0 Å². The predicted octanol–water partition coefficient (Wildman–Crippen LogP) is 1.84. The fourth-order valence-corrected chi connectivity index (χ4v) is 2.28. The summed E-state index contributed by atoms with van der Waals surface area (Å²) in [6.07, 6.45) is 1.17. The number of nitrogens with one attached hydrogen (secondary N) is 1. The Morgan fingerprint density at radius 3 is 2.80 bits per heavy atom. The molecule has 2 nitrogen and oxygen atoms in total. The monoisotopic (exact) mass is 203 g/mol. The van der Waals surface area contributed by atoms with Crippen LogP contribution in [0.2, 0.25) is 0 Å². The molecule has 2 heteroatoms. The lowest BCUT2D eigenvalue weighted by atomic mass is 10.0. The van der Waals surface area contributed by atoms with Crippen molar-refractivity contribution in [3.8, 4) is 0 Å². The summed E-state index contributed by atoms with van der Waals surface area (Å²) >= 11 is 0. The predicted molar refractivity (Wildman–Crippen MR) is 62.8 cm³/mol. The van der Waals surface area contributed by atoms with Crippen molar-refractivity contribution >= 4 is 0 Å². The summed E-state index contributed by atoms with van der Waals surface area (Å²) in [5, 5.41) is 3.39. The van der Waals surface area contributed by atoms with Crippen LogP contribution in [0.25, 0.3) is 0 Å². The van der Waals surface area contributed by atoms with Gasteiger partial charge in [0, 0.05) is 32.2 Å². The third kappa shape index (κ3) is 2.58. The topological polar surface area (TPSA) is 15.3 Å². The Bertz CT molecular complexity index is 278. The highest BCUT2D eigenvalue weighted by atomic mass is 15.2. The average Bonchev–Trinajstić information content (AvgIpc) is 2.33. The zero-order valence-electron chi connectivity index (χ0n) is 9.37. The molecule has 1 N–H and O–H groups in total. The van der Waals surface area contributed by atoms with E-state index in [4.69, 9.17) is 0 Å². The van der Waals surface area contributed by atoms with Gasteiger partial charge in [0.25, 0.3) is 0 Å². The van der Waals surface area contributed by atoms with Crippen molar-refractivity contribution in [1.29, 1.82) is 0 Å². The molecule has 1 aliphatic heterocycles. The summed E-state index contributed by atoms with van der Waals surface area (Å²) in [7, 11) is 0. The molecular weight excluding hydrogens is 184 g/mol. The van der Waals surface area contributed by atoms with Crippen molar-refractivity contribution in [3.63, 3.8) is 0 Å². The van der Waals surface area contributed by atoms with E-state index in [0.717, 1.165) is 26.2 Å². The Balaban J connectivity index is 2.09. The van der Waals surface area contributed by atoms with E-state index in [1.54, 1.807) is 0 Å². The van der Waals surface area contributed by atoms with E-state index in [9.17, 15) is 0 Å². The molecule has 1 aliphatic rings. The molecule has 0 amide bonds. The van der Waals surface area contributed by atoms with Crippen molar-refractivity contribution in [1.82, 2.24) is 10.2 Å². The van der Waals surface area contributed by atoms with Crippen molar-refractivity contribution in [2.45, 2.75) is 19.4 Å². The van der Waals surface area contributed by atoms with E-state index < -0.39 is 0 Å². The Kier molecular flexibility index (Phi) is 3.75. The molecule has 1 saturated heterocycles. The van der Waals surface area contributed by atoms with E-state index in [2.05, 4.69) is 35.3 Å². The molecule has 0 spiro atoms. The molecule has 1 aromatic rings. The maximum absolute atomic E-state index is 3.39. The average molecular weight is 203 g/mol. The molecule has 1 atom stereocenters. The van der Waals surface area contributed by atoms with E-state index in [1.807, 2.05) is 12.1 Å². The van der Waals surface area contributed by atoms with Gasteiger partial charge in [-0.1, -0.05) is 31.2 Å². The van der Waals surface area contributed by atoms with Crippen LogP contribution in [0.4, 0.5) is 0 Å². The molecule has 1 fully saturated rings. The van der Waals surface area contributed by atoms with Crippen molar-refractivity contribution < 1.29 is 0 Å². The maximum atomic E-state index is 3.39. The molecule has 2 rings (SSSR count). The highest BCUT2D eigenvalue weighted by molar-refractivity contribution is 5.17. The highest BCUT2D eigenvalue weighted by Crippen LogP contribution is 2.23. The Hall–Kier alpha value is -0.860. The first-order chi connectivity index (χ1) is 7.42. The molecule has 0 aliphatic carbocycles. The van der Waals surface area contributed by atoms with Gasteiger partial charge in [0.2, 0.25) is 0 Å². The first kappa shape index (κ1) is 10.7. The van der Waals surface area contributed by atoms with Gasteiger partial charge in [-0.2, -0.15) is 0 Å². The van der Waals surface area contributed by atoms with Gasteiger partial charge in [-0.25, -0.2) is 0 Å². The van der Waals surface area contributed by atoms with Gasteiger partial charge in [-0.05, 0) is 18.1 Å². The number of hydrogen-bond acceptors (Lipinski definition) is 2. The van der Waals surface area contributed by atoms with E-state index in [-0.39, 0.29) is 0 Å². The van der Waals surface area contributed by atoms with Crippen molar-refractivity contribution in [2.75, 3.05) is 26.2 Å². The smallest absolute Gasteiger partial charge is 0.0352 e. The quantitative estimate of drug-likeness (QED) is 0.806. The van der Waals surface area contributed by atoms with Crippen molar-refractivity contribution in [3.05, 3.63) is 35.9 Å².